The first-order valence-electron chi connectivity index (χ1n) is 7.01. The van der Waals surface area contributed by atoms with Crippen LogP contribution in [-0.4, -0.2) is 42.1 Å². The van der Waals surface area contributed by atoms with Crippen molar-refractivity contribution in [2.45, 2.75) is 38.8 Å². The molecule has 0 unspecified atom stereocenters. The Morgan fingerprint density at radius 3 is 2.43 bits per heavy atom. The molecule has 0 radical (unpaired) electrons. The molecule has 0 atom stereocenters. The van der Waals surface area contributed by atoms with Gasteiger partial charge in [-0.05, 0) is 19.3 Å². The van der Waals surface area contributed by atoms with Crippen molar-refractivity contribution in [3.8, 4) is 5.88 Å². The molecule has 0 saturated carbocycles. The maximum Gasteiger partial charge on any atom is 0.425 e. The molecular weight excluding hydrogens is 287 g/mol. The Hall–Kier alpha value is -1.44. The summed E-state index contributed by atoms with van der Waals surface area (Å²) in [6.45, 7) is 2.93. The number of hydrogen-bond acceptors (Lipinski definition) is 4. The normalized spacial score (nSPS) is 11.7. The lowest BCUT2D eigenvalue weighted by Crippen LogP contribution is -2.28. The third-order valence-corrected chi connectivity index (χ3v) is 3.12. The summed E-state index contributed by atoms with van der Waals surface area (Å²) in [6, 6.07) is 0. The third-order valence-electron chi connectivity index (χ3n) is 3.12. The molecule has 1 aromatic rings. The molecule has 1 aromatic heterocycles. The van der Waals surface area contributed by atoms with Crippen molar-refractivity contribution in [1.82, 2.24) is 10.2 Å². The first-order valence-corrected chi connectivity index (χ1v) is 7.01. The summed E-state index contributed by atoms with van der Waals surface area (Å²) in [5.41, 5.74) is -0.870. The van der Waals surface area contributed by atoms with Crippen molar-refractivity contribution in [3.05, 3.63) is 5.56 Å². The van der Waals surface area contributed by atoms with Crippen LogP contribution < -0.4 is 9.64 Å². The average molecular weight is 309 g/mol. The molecule has 0 aliphatic heterocycles. The quantitative estimate of drug-likeness (QED) is 0.689. The van der Waals surface area contributed by atoms with Gasteiger partial charge >= 0.3 is 6.18 Å². The molecule has 5 nitrogen and oxygen atoms in total. The van der Waals surface area contributed by atoms with Crippen LogP contribution in [0.4, 0.5) is 19.0 Å². The molecule has 21 heavy (non-hydrogen) atoms. The molecule has 0 saturated heterocycles. The summed E-state index contributed by atoms with van der Waals surface area (Å²) in [5.74, 6) is -0.508. The molecule has 1 heterocycles. The highest BCUT2D eigenvalue weighted by atomic mass is 19.4. The zero-order chi connectivity index (χ0) is 15.9. The van der Waals surface area contributed by atoms with Crippen molar-refractivity contribution in [2.75, 3.05) is 31.7 Å². The van der Waals surface area contributed by atoms with E-state index in [0.29, 0.717) is 25.9 Å². The van der Waals surface area contributed by atoms with Crippen LogP contribution in [0.2, 0.25) is 0 Å². The summed E-state index contributed by atoms with van der Waals surface area (Å²) in [4.78, 5) is 1.62. The van der Waals surface area contributed by atoms with Crippen molar-refractivity contribution in [2.24, 2.45) is 0 Å². The topological polar surface area (TPSA) is 61.4 Å². The number of alkyl halides is 3. The summed E-state index contributed by atoms with van der Waals surface area (Å²) in [7, 11) is 1.16. The lowest BCUT2D eigenvalue weighted by Gasteiger charge is -2.24. The third kappa shape index (κ3) is 4.80. The molecule has 0 fully saturated rings. The van der Waals surface area contributed by atoms with Gasteiger partial charge in [0.2, 0.25) is 5.88 Å². The standard InChI is InChI=1S/C13H22F3N3O2/c1-3-4-7-19(8-5-6-9-20)11-10(13(14,15)16)12(21-2)18-17-11/h20H,3-9H2,1-2H3,(H,17,18). The Kier molecular flexibility index (Phi) is 6.80. The molecular formula is C13H22F3N3O2. The first-order chi connectivity index (χ1) is 9.95. The van der Waals surface area contributed by atoms with E-state index >= 15 is 0 Å². The van der Waals surface area contributed by atoms with Gasteiger partial charge in [0.15, 0.2) is 5.56 Å². The second-order valence-corrected chi connectivity index (χ2v) is 4.73. The van der Waals surface area contributed by atoms with Crippen molar-refractivity contribution in [1.29, 1.82) is 0 Å². The molecule has 0 bridgehead atoms. The maximum atomic E-state index is 13.2. The number of unbranched alkanes of at least 4 members (excludes halogenated alkanes) is 2. The lowest BCUT2D eigenvalue weighted by molar-refractivity contribution is -0.138. The molecule has 0 spiro atoms. The Morgan fingerprint density at radius 1 is 1.24 bits per heavy atom. The minimum absolute atomic E-state index is 0.0278. The number of aliphatic hydroxyl groups is 1. The second-order valence-electron chi connectivity index (χ2n) is 4.73. The van der Waals surface area contributed by atoms with E-state index in [2.05, 4.69) is 10.2 Å². The van der Waals surface area contributed by atoms with Gasteiger partial charge in [0.25, 0.3) is 0 Å². The van der Waals surface area contributed by atoms with Gasteiger partial charge in [-0.15, -0.1) is 5.10 Å². The van der Waals surface area contributed by atoms with Gasteiger partial charge in [0.05, 0.1) is 7.11 Å². The van der Waals surface area contributed by atoms with Gasteiger partial charge in [-0.1, -0.05) is 13.3 Å². The number of nitrogens with one attached hydrogen (secondary N) is 1. The zero-order valence-corrected chi connectivity index (χ0v) is 12.3. The van der Waals surface area contributed by atoms with Crippen LogP contribution in [0.5, 0.6) is 5.88 Å². The highest BCUT2D eigenvalue weighted by Gasteiger charge is 2.41. The van der Waals surface area contributed by atoms with Crippen molar-refractivity contribution >= 4 is 5.82 Å². The number of aromatic amines is 1. The van der Waals surface area contributed by atoms with E-state index in [-0.39, 0.29) is 12.4 Å². The molecule has 2 N–H and O–H groups in total. The minimum atomic E-state index is -4.53. The van der Waals surface area contributed by atoms with Crippen LogP contribution >= 0.6 is 0 Å². The summed E-state index contributed by atoms with van der Waals surface area (Å²) >= 11 is 0. The molecule has 122 valence electrons. The van der Waals surface area contributed by atoms with E-state index in [0.717, 1.165) is 20.0 Å². The van der Waals surface area contributed by atoms with Crippen molar-refractivity contribution in [3.63, 3.8) is 0 Å². The molecule has 0 aliphatic carbocycles. The number of rotatable bonds is 9. The highest BCUT2D eigenvalue weighted by Crippen LogP contribution is 2.41. The van der Waals surface area contributed by atoms with Crippen LogP contribution in [0.15, 0.2) is 0 Å². The number of aliphatic hydroxyl groups excluding tert-OH is 1. The van der Waals surface area contributed by atoms with E-state index in [9.17, 15) is 13.2 Å². The molecule has 0 aliphatic rings. The number of nitrogens with zero attached hydrogens (tertiary/aromatic N) is 2. The molecule has 0 amide bonds. The largest absolute Gasteiger partial charge is 0.479 e. The number of aromatic nitrogens is 2. The summed E-state index contributed by atoms with van der Waals surface area (Å²) in [6.07, 6.45) is -1.72. The summed E-state index contributed by atoms with van der Waals surface area (Å²) in [5, 5.41) is 14.8. The van der Waals surface area contributed by atoms with E-state index in [1.54, 1.807) is 4.90 Å². The zero-order valence-electron chi connectivity index (χ0n) is 12.3. The average Bonchev–Trinajstić information content (AvgIpc) is 2.86. The predicted molar refractivity (Wildman–Crippen MR) is 73.6 cm³/mol. The lowest BCUT2D eigenvalue weighted by atomic mass is 10.2. The van der Waals surface area contributed by atoms with E-state index in [4.69, 9.17) is 9.84 Å². The Morgan fingerprint density at radius 2 is 1.90 bits per heavy atom. The van der Waals surface area contributed by atoms with Gasteiger partial charge in [-0.25, -0.2) is 0 Å². The van der Waals surface area contributed by atoms with Crippen LogP contribution in [0, 0.1) is 0 Å². The first kappa shape index (κ1) is 17.6. The Labute approximate surface area is 122 Å². The molecule has 1 rings (SSSR count). The Balaban J connectivity index is 3.02. The smallest absolute Gasteiger partial charge is 0.425 e. The number of hydrogen-bond donors (Lipinski definition) is 2. The van der Waals surface area contributed by atoms with Gasteiger partial charge in [0, 0.05) is 19.7 Å². The summed E-state index contributed by atoms with van der Waals surface area (Å²) < 4.78 is 44.3. The number of anilines is 1. The van der Waals surface area contributed by atoms with Crippen LogP contribution in [0.25, 0.3) is 0 Å². The van der Waals surface area contributed by atoms with Crippen molar-refractivity contribution < 1.29 is 23.0 Å². The fourth-order valence-corrected chi connectivity index (χ4v) is 2.05. The van der Waals surface area contributed by atoms with Gasteiger partial charge < -0.3 is 14.7 Å². The Bertz CT molecular complexity index is 421. The minimum Gasteiger partial charge on any atom is -0.479 e. The monoisotopic (exact) mass is 309 g/mol. The number of ether oxygens (including phenoxy) is 1. The van der Waals surface area contributed by atoms with E-state index in [1.807, 2.05) is 6.92 Å². The predicted octanol–water partition coefficient (Wildman–Crippen LogP) is 2.82. The van der Waals surface area contributed by atoms with Crippen LogP contribution in [-0.2, 0) is 6.18 Å². The molecule has 0 aromatic carbocycles. The fourth-order valence-electron chi connectivity index (χ4n) is 2.05. The fraction of sp³-hybridized carbons (Fsp3) is 0.769. The van der Waals surface area contributed by atoms with Gasteiger partial charge in [-0.3, -0.25) is 5.10 Å². The van der Waals surface area contributed by atoms with Crippen LogP contribution in [0.3, 0.4) is 0 Å². The van der Waals surface area contributed by atoms with E-state index < -0.39 is 17.6 Å². The molecule has 8 heteroatoms. The number of H-pyrrole nitrogens is 1. The number of halogens is 3. The second kappa shape index (κ2) is 8.11. The van der Waals surface area contributed by atoms with Gasteiger partial charge in [0.1, 0.15) is 5.82 Å². The van der Waals surface area contributed by atoms with E-state index in [1.165, 1.54) is 0 Å². The maximum absolute atomic E-state index is 13.2. The SMILES string of the molecule is CCCCN(CCCCO)c1[nH]nc(OC)c1C(F)(F)F. The highest BCUT2D eigenvalue weighted by molar-refractivity contribution is 5.53. The van der Waals surface area contributed by atoms with Crippen LogP contribution in [0.1, 0.15) is 38.2 Å². The van der Waals surface area contributed by atoms with Gasteiger partial charge in [-0.2, -0.15) is 13.2 Å². The number of methoxy groups -OCH3 is 1.